The maximum Gasteiger partial charge on any atom is 0.328 e. The van der Waals surface area contributed by atoms with Crippen molar-refractivity contribution < 1.29 is 35.1 Å². The maximum atomic E-state index is 10.5. The highest BCUT2D eigenvalue weighted by Gasteiger charge is 2.50. The lowest BCUT2D eigenvalue weighted by Gasteiger charge is -2.44. The lowest BCUT2D eigenvalue weighted by molar-refractivity contribution is -0.132. The summed E-state index contributed by atoms with van der Waals surface area (Å²) in [5, 5.41) is 47.3. The molecule has 1 unspecified atom stereocenters. The first-order valence-corrected chi connectivity index (χ1v) is 22.9. The van der Waals surface area contributed by atoms with Crippen LogP contribution in [0.15, 0.2) is 118 Å². The Morgan fingerprint density at radius 3 is 2.08 bits per heavy atom. The Morgan fingerprint density at radius 1 is 0.836 bits per heavy atom. The predicted molar refractivity (Wildman–Crippen MR) is 252 cm³/mol. The molecule has 0 aromatic rings. The van der Waals surface area contributed by atoms with Crippen molar-refractivity contribution in [1.82, 2.24) is 0 Å². The van der Waals surface area contributed by atoms with Crippen LogP contribution >= 0.6 is 0 Å². The van der Waals surface area contributed by atoms with Gasteiger partial charge in [0.25, 0.3) is 0 Å². The van der Waals surface area contributed by atoms with E-state index in [0.29, 0.717) is 47.8 Å². The second-order valence-corrected chi connectivity index (χ2v) is 19.9. The van der Waals surface area contributed by atoms with Crippen LogP contribution in [-0.2, 0) is 9.59 Å². The number of hydrogen-bond acceptors (Lipinski definition) is 5. The molecule has 4 fully saturated rings. The highest BCUT2D eigenvalue weighted by molar-refractivity contribution is 5.81. The topological polar surface area (TPSA) is 135 Å². The van der Waals surface area contributed by atoms with E-state index in [2.05, 4.69) is 84.6 Å². The van der Waals surface area contributed by atoms with Crippen LogP contribution < -0.4 is 0 Å². The van der Waals surface area contributed by atoms with Crippen LogP contribution in [0.1, 0.15) is 146 Å². The third-order valence-electron chi connectivity index (χ3n) is 14.0. The van der Waals surface area contributed by atoms with Crippen LogP contribution in [0.2, 0.25) is 0 Å². The molecule has 0 saturated heterocycles. The summed E-state index contributed by atoms with van der Waals surface area (Å²) in [5.74, 6) is 0.838. The van der Waals surface area contributed by atoms with Gasteiger partial charge in [-0.25, -0.2) is 9.59 Å². The first-order chi connectivity index (χ1) is 28.5. The van der Waals surface area contributed by atoms with Crippen LogP contribution in [0.3, 0.4) is 0 Å². The van der Waals surface area contributed by atoms with Gasteiger partial charge in [0.2, 0.25) is 0 Å². The minimum atomic E-state index is -0.912. The number of carbonyl (C=O) groups is 2. The largest absolute Gasteiger partial charge is 0.478 e. The van der Waals surface area contributed by atoms with Gasteiger partial charge in [-0.2, -0.15) is 0 Å². The van der Waals surface area contributed by atoms with E-state index in [4.69, 9.17) is 10.2 Å². The molecule has 7 nitrogen and oxygen atoms in total. The summed E-state index contributed by atoms with van der Waals surface area (Å²) in [6.45, 7) is 25.3. The summed E-state index contributed by atoms with van der Waals surface area (Å²) in [7, 11) is 0. The molecular weight excluding hydrogens is 761 g/mol. The van der Waals surface area contributed by atoms with Crippen molar-refractivity contribution in [3.63, 3.8) is 0 Å². The normalized spacial score (nSPS) is 29.8. The Balaban J connectivity index is 0.000000281. The number of aliphatic hydroxyl groups excluding tert-OH is 3. The van der Waals surface area contributed by atoms with E-state index in [1.54, 1.807) is 13.0 Å². The molecule has 0 amide bonds. The Morgan fingerprint density at radius 2 is 1.49 bits per heavy atom. The monoisotopic (exact) mass is 841 g/mol. The fraction of sp³-hybridized carbons (Fsp3) is 0.593. The molecule has 0 radical (unpaired) electrons. The lowest BCUT2D eigenvalue weighted by atomic mass is 9.61. The molecule has 7 atom stereocenters. The molecule has 0 aromatic carbocycles. The van der Waals surface area contributed by atoms with E-state index in [-0.39, 0.29) is 11.5 Å². The van der Waals surface area contributed by atoms with Gasteiger partial charge in [-0.3, -0.25) is 0 Å². The fourth-order valence-electron chi connectivity index (χ4n) is 9.86. The number of hydrogen-bond donors (Lipinski definition) is 5. The van der Waals surface area contributed by atoms with E-state index >= 15 is 0 Å². The first-order valence-electron chi connectivity index (χ1n) is 22.9. The highest BCUT2D eigenvalue weighted by atomic mass is 16.4. The smallest absolute Gasteiger partial charge is 0.328 e. The molecule has 7 heteroatoms. The summed E-state index contributed by atoms with van der Waals surface area (Å²) < 4.78 is 0. The summed E-state index contributed by atoms with van der Waals surface area (Å²) >= 11 is 0. The lowest BCUT2D eigenvalue weighted by Crippen LogP contribution is -2.35. The van der Waals surface area contributed by atoms with E-state index < -0.39 is 24.1 Å². The van der Waals surface area contributed by atoms with Crippen molar-refractivity contribution >= 4 is 11.9 Å². The van der Waals surface area contributed by atoms with Crippen molar-refractivity contribution in [3.05, 3.63) is 118 Å². The van der Waals surface area contributed by atoms with Gasteiger partial charge < -0.3 is 25.5 Å². The molecule has 0 heterocycles. The van der Waals surface area contributed by atoms with Gasteiger partial charge >= 0.3 is 11.9 Å². The second-order valence-electron chi connectivity index (χ2n) is 19.9. The van der Waals surface area contributed by atoms with E-state index in [9.17, 15) is 24.9 Å². The summed E-state index contributed by atoms with van der Waals surface area (Å²) in [4.78, 5) is 20.6. The molecule has 5 rings (SSSR count). The van der Waals surface area contributed by atoms with Gasteiger partial charge in [-0.15, -0.1) is 0 Å². The molecule has 5 N–H and O–H groups in total. The van der Waals surface area contributed by atoms with Crippen LogP contribution in [0.5, 0.6) is 0 Å². The Kier molecular flexibility index (Phi) is 20.0. The van der Waals surface area contributed by atoms with Crippen molar-refractivity contribution in [2.45, 2.75) is 165 Å². The molecule has 61 heavy (non-hydrogen) atoms. The van der Waals surface area contributed by atoms with Crippen molar-refractivity contribution in [2.24, 2.45) is 40.4 Å². The third-order valence-corrected chi connectivity index (χ3v) is 14.0. The Hall–Kier alpha value is -3.78. The number of aliphatic hydroxyl groups is 3. The Labute approximate surface area is 368 Å². The van der Waals surface area contributed by atoms with Gasteiger partial charge in [-0.05, 0) is 161 Å². The number of aliphatic carboxylic acids is 2. The summed E-state index contributed by atoms with van der Waals surface area (Å²) in [6, 6.07) is 0. The van der Waals surface area contributed by atoms with Crippen molar-refractivity contribution in [2.75, 3.05) is 0 Å². The number of fused-ring (bicyclic) bond motifs is 1. The minimum Gasteiger partial charge on any atom is -0.478 e. The molecule has 5 aliphatic carbocycles. The van der Waals surface area contributed by atoms with Crippen LogP contribution in [0.4, 0.5) is 0 Å². The molecule has 0 spiro atoms. The maximum absolute atomic E-state index is 10.5. The van der Waals surface area contributed by atoms with Crippen molar-refractivity contribution in [1.29, 1.82) is 0 Å². The van der Waals surface area contributed by atoms with E-state index in [0.717, 1.165) is 34.3 Å². The molecule has 5 aliphatic rings. The molecule has 338 valence electrons. The van der Waals surface area contributed by atoms with Crippen LogP contribution in [0, 0.1) is 40.4 Å². The highest BCUT2D eigenvalue weighted by Crippen LogP contribution is 2.59. The number of rotatable bonds is 12. The van der Waals surface area contributed by atoms with Crippen molar-refractivity contribution in [3.8, 4) is 0 Å². The summed E-state index contributed by atoms with van der Waals surface area (Å²) in [5.41, 5.74) is 9.63. The zero-order valence-corrected chi connectivity index (χ0v) is 39.2. The number of carboxylic acid groups (broad SMARTS) is 2. The van der Waals surface area contributed by atoms with Gasteiger partial charge in [-0.1, -0.05) is 125 Å². The first kappa shape index (κ1) is 51.6. The van der Waals surface area contributed by atoms with Gasteiger partial charge in [0.15, 0.2) is 0 Å². The quantitative estimate of drug-likeness (QED) is 0.0750. The molecular formula is C54H80O7. The average Bonchev–Trinajstić information content (AvgIpc) is 3.95. The van der Waals surface area contributed by atoms with Gasteiger partial charge in [0.1, 0.15) is 0 Å². The van der Waals surface area contributed by atoms with Gasteiger partial charge in [0, 0.05) is 18.6 Å². The van der Waals surface area contributed by atoms with Crippen LogP contribution in [-0.4, -0.2) is 55.8 Å². The summed E-state index contributed by atoms with van der Waals surface area (Å²) in [6.07, 6.45) is 33.2. The SMILES string of the molecule is C/C(=C\C(=O)O)C(C)C.C=C1/C(=C\C=C2/CCC[C@]3(C)C([C@H](C)/C=C/[C@@H](O)C4CC4)CC[C@@H]23)C[C@@H](O)C[C@@H]1O.CC1=C(/C=C/C(C)=C/C=C/C(C)=C/C(=O)O)C(C)(C)CCC1. The zero-order chi connectivity index (χ0) is 45.7. The second kappa shape index (κ2) is 23.6. The van der Waals surface area contributed by atoms with E-state index in [1.165, 1.54) is 86.7 Å². The fourth-order valence-corrected chi connectivity index (χ4v) is 9.86. The van der Waals surface area contributed by atoms with Gasteiger partial charge in [0.05, 0.1) is 18.3 Å². The number of carboxylic acids is 2. The standard InChI is InChI=1S/C27H40O3.C20H28O2.C7H12O2/c1-17(6-13-25(29)20-8-9-20)23-11-12-24-19(5-4-14-27(23,24)3)7-10-21-15-22(28)16-26(30)18(21)2;1-15(8-6-9-16(2)14-19(21)22)11-12-18-17(3)10-7-13-20(18,4)5;1-5(2)6(3)4-7(8)9/h6-7,10,13,17,20,22-26,28-30H,2,4-5,8-9,11-12,14-16H2,1,3H3;6,8-9,11-12,14H,7,10,13H2,1-5H3,(H,21,22);4-5H,1-3H3,(H,8,9)/b13-6+,19-7+,21-10-;9-6+,12-11+,15-8+,16-14+;6-4+/t17-,22-,23?,24+,25-,26+,27-;;/m1../s1. The van der Waals surface area contributed by atoms with Crippen LogP contribution in [0.25, 0.3) is 0 Å². The average molecular weight is 841 g/mol. The molecule has 4 saturated carbocycles. The molecule has 0 bridgehead atoms. The Bertz CT molecular complexity index is 1820. The minimum absolute atomic E-state index is 0.250. The predicted octanol–water partition coefficient (Wildman–Crippen LogP) is 12.4. The third kappa shape index (κ3) is 16.1. The van der Waals surface area contributed by atoms with E-state index in [1.807, 2.05) is 32.9 Å². The molecule has 0 aliphatic heterocycles. The number of allylic oxidation sites excluding steroid dienone is 14. The molecule has 0 aromatic heterocycles. The zero-order valence-electron chi connectivity index (χ0n) is 39.2.